The number of nitrogens with zero attached hydrogens (tertiary/aromatic N) is 1. The molecule has 0 radical (unpaired) electrons. The lowest BCUT2D eigenvalue weighted by atomic mass is 10.1. The number of alkyl halides is 3. The molecule has 1 fully saturated rings. The third-order valence-electron chi connectivity index (χ3n) is 2.50. The Labute approximate surface area is 99.9 Å². The van der Waals surface area contributed by atoms with Crippen LogP contribution in [0.5, 0.6) is 0 Å². The first kappa shape index (κ1) is 12.8. The van der Waals surface area contributed by atoms with E-state index >= 15 is 0 Å². The van der Waals surface area contributed by atoms with Crippen LogP contribution in [0.25, 0.3) is 0 Å². The van der Waals surface area contributed by atoms with Crippen LogP contribution >= 0.6 is 0 Å². The van der Waals surface area contributed by atoms with Crippen molar-refractivity contribution in [2.45, 2.75) is 12.6 Å². The molecule has 1 aliphatic rings. The topological polar surface area (TPSA) is 29.5 Å². The zero-order valence-corrected chi connectivity index (χ0v) is 9.13. The summed E-state index contributed by atoms with van der Waals surface area (Å²) in [7, 11) is 0. The maximum absolute atomic E-state index is 13.0. The number of amides is 1. The molecule has 1 heterocycles. The summed E-state index contributed by atoms with van der Waals surface area (Å²) in [6, 6.07) is 2.14. The monoisotopic (exact) mass is 263 g/mol. The highest BCUT2D eigenvalue weighted by Crippen LogP contribution is 2.32. The Hall–Kier alpha value is -1.63. The fraction of sp³-hybridized carbons (Fsp3) is 0.364. The van der Waals surface area contributed by atoms with E-state index < -0.39 is 23.5 Å². The molecule has 0 unspecified atom stereocenters. The van der Waals surface area contributed by atoms with E-state index in [9.17, 15) is 22.4 Å². The average Bonchev–Trinajstić information content (AvgIpc) is 2.80. The Bertz CT molecular complexity index is 467. The molecule has 1 aromatic carbocycles. The molecule has 0 N–H and O–H groups in total. The van der Waals surface area contributed by atoms with Crippen molar-refractivity contribution in [3.05, 3.63) is 35.1 Å². The van der Waals surface area contributed by atoms with Crippen molar-refractivity contribution in [2.24, 2.45) is 0 Å². The summed E-state index contributed by atoms with van der Waals surface area (Å²) in [5, 5.41) is 0.980. The number of carbonyl (C=O) groups is 1. The second-order valence-electron chi connectivity index (χ2n) is 3.79. The van der Waals surface area contributed by atoms with E-state index in [1.807, 2.05) is 0 Å². The van der Waals surface area contributed by atoms with Crippen LogP contribution in [0.3, 0.4) is 0 Å². The molecule has 18 heavy (non-hydrogen) atoms. The largest absolute Gasteiger partial charge is 0.419 e. The number of carbonyl (C=O) groups excluding carboxylic acids is 1. The van der Waals surface area contributed by atoms with Gasteiger partial charge in [0.1, 0.15) is 5.82 Å². The first-order valence-electron chi connectivity index (χ1n) is 5.21. The van der Waals surface area contributed by atoms with Gasteiger partial charge in [-0.05, 0) is 24.6 Å². The summed E-state index contributed by atoms with van der Waals surface area (Å²) in [5.74, 6) is -2.10. The van der Waals surface area contributed by atoms with Gasteiger partial charge in [0.15, 0.2) is 0 Å². The smallest absolute Gasteiger partial charge is 0.271 e. The summed E-state index contributed by atoms with van der Waals surface area (Å²) in [4.78, 5) is 16.7. The molecule has 0 aliphatic carbocycles. The zero-order valence-electron chi connectivity index (χ0n) is 9.13. The van der Waals surface area contributed by atoms with Gasteiger partial charge in [-0.25, -0.2) is 9.45 Å². The van der Waals surface area contributed by atoms with E-state index in [-0.39, 0.29) is 5.56 Å². The van der Waals surface area contributed by atoms with Crippen molar-refractivity contribution >= 4 is 5.91 Å². The van der Waals surface area contributed by atoms with E-state index in [2.05, 4.69) is 0 Å². The summed E-state index contributed by atoms with van der Waals surface area (Å²) < 4.78 is 50.4. The molecule has 98 valence electrons. The van der Waals surface area contributed by atoms with Gasteiger partial charge in [-0.1, -0.05) is 0 Å². The minimum atomic E-state index is -4.83. The molecule has 0 atom stereocenters. The van der Waals surface area contributed by atoms with Crippen LogP contribution < -0.4 is 0 Å². The molecule has 0 aromatic heterocycles. The molecule has 1 aliphatic heterocycles. The molecule has 7 heteroatoms. The van der Waals surface area contributed by atoms with Crippen molar-refractivity contribution in [1.82, 2.24) is 5.06 Å². The van der Waals surface area contributed by atoms with Crippen LogP contribution in [0.4, 0.5) is 17.6 Å². The summed E-state index contributed by atoms with van der Waals surface area (Å²) in [6.45, 7) is 0.663. The molecular formula is C11H9F4NO2. The maximum Gasteiger partial charge on any atom is 0.419 e. The number of hydrogen-bond acceptors (Lipinski definition) is 2. The highest BCUT2D eigenvalue weighted by molar-refractivity contribution is 5.93. The molecule has 0 spiro atoms. The second kappa shape index (κ2) is 4.56. The normalized spacial score (nSPS) is 16.1. The van der Waals surface area contributed by atoms with E-state index in [1.165, 1.54) is 0 Å². The Morgan fingerprint density at radius 2 is 2.06 bits per heavy atom. The Balaban J connectivity index is 2.32. The number of benzene rings is 1. The molecule has 1 saturated heterocycles. The van der Waals surface area contributed by atoms with E-state index in [4.69, 9.17) is 4.84 Å². The first-order chi connectivity index (χ1) is 8.39. The number of hydroxylamine groups is 2. The first-order valence-corrected chi connectivity index (χ1v) is 5.21. The minimum absolute atomic E-state index is 0.245. The van der Waals surface area contributed by atoms with Crippen LogP contribution in [0.1, 0.15) is 22.3 Å². The van der Waals surface area contributed by atoms with Gasteiger partial charge in [-0.3, -0.25) is 9.63 Å². The highest BCUT2D eigenvalue weighted by atomic mass is 19.4. The SMILES string of the molecule is O=C(c1ccc(F)c(C(F)(F)F)c1)N1CCCO1. The highest BCUT2D eigenvalue weighted by Gasteiger charge is 2.35. The molecular weight excluding hydrogens is 254 g/mol. The van der Waals surface area contributed by atoms with Crippen LogP contribution in [-0.2, 0) is 11.0 Å². The molecule has 3 nitrogen and oxygen atoms in total. The molecule has 1 amide bonds. The van der Waals surface area contributed by atoms with Gasteiger partial charge in [-0.15, -0.1) is 0 Å². The summed E-state index contributed by atoms with van der Waals surface area (Å²) in [6.07, 6.45) is -4.20. The van der Waals surface area contributed by atoms with Gasteiger partial charge in [0, 0.05) is 5.56 Å². The Kier molecular flexibility index (Phi) is 3.25. The third-order valence-corrected chi connectivity index (χ3v) is 2.50. The van der Waals surface area contributed by atoms with Crippen LogP contribution in [0.15, 0.2) is 18.2 Å². The van der Waals surface area contributed by atoms with Crippen LogP contribution in [-0.4, -0.2) is 24.1 Å². The van der Waals surface area contributed by atoms with Crippen molar-refractivity contribution in [3.63, 3.8) is 0 Å². The van der Waals surface area contributed by atoms with Gasteiger partial charge >= 0.3 is 6.18 Å². The molecule has 0 bridgehead atoms. The van der Waals surface area contributed by atoms with E-state index in [0.29, 0.717) is 31.7 Å². The lowest BCUT2D eigenvalue weighted by Gasteiger charge is -2.15. The number of halogens is 4. The van der Waals surface area contributed by atoms with Crippen LogP contribution in [0.2, 0.25) is 0 Å². The maximum atomic E-state index is 13.0. The predicted molar refractivity (Wildman–Crippen MR) is 53.0 cm³/mol. The minimum Gasteiger partial charge on any atom is -0.271 e. The second-order valence-corrected chi connectivity index (χ2v) is 3.79. The van der Waals surface area contributed by atoms with Gasteiger partial charge in [-0.2, -0.15) is 13.2 Å². The molecule has 2 rings (SSSR count). The Morgan fingerprint density at radius 1 is 1.33 bits per heavy atom. The zero-order chi connectivity index (χ0) is 13.3. The van der Waals surface area contributed by atoms with Crippen molar-refractivity contribution in [2.75, 3.05) is 13.2 Å². The standard InChI is InChI=1S/C11H9F4NO2/c12-9-3-2-7(6-8(9)11(13,14)15)10(17)16-4-1-5-18-16/h2-3,6H,1,4-5H2. The summed E-state index contributed by atoms with van der Waals surface area (Å²) >= 11 is 0. The van der Waals surface area contributed by atoms with Crippen molar-refractivity contribution in [3.8, 4) is 0 Å². The fourth-order valence-electron chi connectivity index (χ4n) is 1.63. The van der Waals surface area contributed by atoms with E-state index in [0.717, 1.165) is 11.1 Å². The van der Waals surface area contributed by atoms with Gasteiger partial charge < -0.3 is 0 Å². The Morgan fingerprint density at radius 3 is 2.61 bits per heavy atom. The van der Waals surface area contributed by atoms with E-state index in [1.54, 1.807) is 0 Å². The van der Waals surface area contributed by atoms with Gasteiger partial charge in [0.2, 0.25) is 0 Å². The summed E-state index contributed by atoms with van der Waals surface area (Å²) in [5.41, 5.74) is -1.70. The third kappa shape index (κ3) is 2.45. The van der Waals surface area contributed by atoms with Crippen molar-refractivity contribution < 1.29 is 27.2 Å². The number of rotatable bonds is 1. The lowest BCUT2D eigenvalue weighted by Crippen LogP contribution is -2.27. The predicted octanol–water partition coefficient (Wildman–Crippen LogP) is 2.62. The van der Waals surface area contributed by atoms with Gasteiger partial charge in [0.25, 0.3) is 5.91 Å². The number of hydrogen-bond donors (Lipinski definition) is 0. The molecule has 0 saturated carbocycles. The quantitative estimate of drug-likeness (QED) is 0.729. The van der Waals surface area contributed by atoms with Gasteiger partial charge in [0.05, 0.1) is 18.7 Å². The fourth-order valence-corrected chi connectivity index (χ4v) is 1.63. The molecule has 1 aromatic rings. The van der Waals surface area contributed by atoms with Crippen LogP contribution in [0, 0.1) is 5.82 Å². The lowest BCUT2D eigenvalue weighted by molar-refractivity contribution is -0.140. The van der Waals surface area contributed by atoms with Crippen molar-refractivity contribution in [1.29, 1.82) is 0 Å². The average molecular weight is 263 g/mol.